The Hall–Kier alpha value is -2.44. The lowest BCUT2D eigenvalue weighted by atomic mass is 9.81. The zero-order valence-electron chi connectivity index (χ0n) is 18.8. The third kappa shape index (κ3) is 4.14. The highest BCUT2D eigenvalue weighted by Gasteiger charge is 2.47. The van der Waals surface area contributed by atoms with Crippen LogP contribution in [0.2, 0.25) is 0 Å². The second kappa shape index (κ2) is 9.20. The molecule has 32 heavy (non-hydrogen) atoms. The molecule has 6 nitrogen and oxygen atoms in total. The number of anilines is 1. The van der Waals surface area contributed by atoms with Gasteiger partial charge < -0.3 is 15.2 Å². The largest absolute Gasteiger partial charge is 0.480 e. The summed E-state index contributed by atoms with van der Waals surface area (Å²) in [5.74, 6) is 0.622. The zero-order valence-corrected chi connectivity index (χ0v) is 18.8. The molecule has 1 aromatic heterocycles. The van der Waals surface area contributed by atoms with Gasteiger partial charge in [0.05, 0.1) is 6.10 Å². The first-order chi connectivity index (χ1) is 15.6. The van der Waals surface area contributed by atoms with Crippen molar-refractivity contribution < 1.29 is 14.6 Å². The van der Waals surface area contributed by atoms with E-state index in [0.29, 0.717) is 19.1 Å². The molecule has 0 aliphatic carbocycles. The highest BCUT2D eigenvalue weighted by Crippen LogP contribution is 2.45. The number of carboxylic acid groups (broad SMARTS) is 1. The Morgan fingerprint density at radius 3 is 2.91 bits per heavy atom. The van der Waals surface area contributed by atoms with Crippen LogP contribution in [0, 0.1) is 0 Å². The van der Waals surface area contributed by atoms with E-state index in [2.05, 4.69) is 35.3 Å². The SMILES string of the molecule is CC1c2ccccc2[C@H](C(=O)O)N2C[C@H](OCCCCc3ccc4c(n3)NCCC4)CC12. The van der Waals surface area contributed by atoms with Gasteiger partial charge in [-0.3, -0.25) is 9.69 Å². The van der Waals surface area contributed by atoms with E-state index in [1.54, 1.807) is 0 Å². The highest BCUT2D eigenvalue weighted by molar-refractivity contribution is 5.77. The maximum atomic E-state index is 12.1. The molecule has 0 radical (unpaired) electrons. The first-order valence-corrected chi connectivity index (χ1v) is 12.0. The van der Waals surface area contributed by atoms with Crippen LogP contribution in [0.1, 0.15) is 67.0 Å². The molecule has 1 saturated heterocycles. The Labute approximate surface area is 190 Å². The Balaban J connectivity index is 1.13. The molecule has 3 aliphatic rings. The van der Waals surface area contributed by atoms with Crippen LogP contribution in [0.25, 0.3) is 0 Å². The molecule has 2 aromatic rings. The van der Waals surface area contributed by atoms with E-state index in [4.69, 9.17) is 9.72 Å². The third-order valence-electron chi connectivity index (χ3n) is 7.40. The predicted octanol–water partition coefficient (Wildman–Crippen LogP) is 4.16. The average Bonchev–Trinajstić information content (AvgIpc) is 3.22. The van der Waals surface area contributed by atoms with Crippen LogP contribution in [-0.4, -0.2) is 52.8 Å². The molecule has 0 saturated carbocycles. The van der Waals surface area contributed by atoms with E-state index in [1.807, 2.05) is 18.2 Å². The molecule has 5 rings (SSSR count). The quantitative estimate of drug-likeness (QED) is 0.636. The van der Waals surface area contributed by atoms with Crippen LogP contribution in [-0.2, 0) is 22.4 Å². The second-order valence-corrected chi connectivity index (χ2v) is 9.45. The minimum atomic E-state index is -0.762. The molecular weight excluding hydrogens is 402 g/mol. The van der Waals surface area contributed by atoms with Crippen LogP contribution in [0.3, 0.4) is 0 Å². The predicted molar refractivity (Wildman–Crippen MR) is 124 cm³/mol. The average molecular weight is 436 g/mol. The minimum Gasteiger partial charge on any atom is -0.480 e. The number of aliphatic carboxylic acids is 1. The number of nitrogens with zero attached hydrogens (tertiary/aromatic N) is 2. The normalized spacial score (nSPS) is 26.7. The molecule has 0 bridgehead atoms. The summed E-state index contributed by atoms with van der Waals surface area (Å²) in [5, 5.41) is 13.3. The second-order valence-electron chi connectivity index (χ2n) is 9.45. The highest BCUT2D eigenvalue weighted by atomic mass is 16.5. The van der Waals surface area contributed by atoms with Crippen molar-refractivity contribution in [3.8, 4) is 0 Å². The summed E-state index contributed by atoms with van der Waals surface area (Å²) >= 11 is 0. The summed E-state index contributed by atoms with van der Waals surface area (Å²) in [4.78, 5) is 19.0. The molecular formula is C26H33N3O3. The molecule has 4 heterocycles. The fourth-order valence-corrected chi connectivity index (χ4v) is 5.76. The van der Waals surface area contributed by atoms with Crippen LogP contribution < -0.4 is 5.32 Å². The number of nitrogens with one attached hydrogen (secondary N) is 1. The first-order valence-electron chi connectivity index (χ1n) is 12.0. The lowest BCUT2D eigenvalue weighted by molar-refractivity contribution is -0.144. The summed E-state index contributed by atoms with van der Waals surface area (Å²) < 4.78 is 6.23. The maximum Gasteiger partial charge on any atom is 0.325 e. The van der Waals surface area contributed by atoms with Crippen LogP contribution in [0.15, 0.2) is 36.4 Å². The molecule has 2 unspecified atom stereocenters. The van der Waals surface area contributed by atoms with Crippen molar-refractivity contribution in [3.63, 3.8) is 0 Å². The number of aryl methyl sites for hydroxylation is 2. The number of ether oxygens (including phenoxy) is 1. The van der Waals surface area contributed by atoms with Gasteiger partial charge >= 0.3 is 5.97 Å². The standard InChI is InChI=1S/C26H33N3O3/c1-17-21-9-2-3-10-22(21)24(26(30)31)29-16-20(15-23(17)29)32-14-5-4-8-19-12-11-18-7-6-13-27-25(18)28-19/h2-3,9-12,17,20,23-24H,4-8,13-16H2,1H3,(H,27,28)(H,30,31)/t17?,20-,23?,24-/m1/s1. The van der Waals surface area contributed by atoms with Gasteiger partial charge in [0.2, 0.25) is 0 Å². The smallest absolute Gasteiger partial charge is 0.325 e. The number of rotatable bonds is 7. The van der Waals surface area contributed by atoms with Crippen molar-refractivity contribution in [2.45, 2.75) is 69.6 Å². The van der Waals surface area contributed by atoms with Crippen molar-refractivity contribution in [1.82, 2.24) is 9.88 Å². The summed E-state index contributed by atoms with van der Waals surface area (Å²) in [6, 6.07) is 12.1. The van der Waals surface area contributed by atoms with Crippen LogP contribution in [0.4, 0.5) is 5.82 Å². The summed E-state index contributed by atoms with van der Waals surface area (Å²) in [5.41, 5.74) is 4.59. The minimum absolute atomic E-state index is 0.102. The van der Waals surface area contributed by atoms with E-state index in [-0.39, 0.29) is 12.1 Å². The number of unbranched alkanes of at least 4 members (excludes halogenated alkanes) is 1. The van der Waals surface area contributed by atoms with Gasteiger partial charge in [-0.25, -0.2) is 4.98 Å². The van der Waals surface area contributed by atoms with Gasteiger partial charge in [-0.05, 0) is 67.2 Å². The topological polar surface area (TPSA) is 74.7 Å². The van der Waals surface area contributed by atoms with Crippen LogP contribution in [0.5, 0.6) is 0 Å². The van der Waals surface area contributed by atoms with Crippen LogP contribution >= 0.6 is 0 Å². The van der Waals surface area contributed by atoms with Gasteiger partial charge in [0, 0.05) is 31.4 Å². The van der Waals surface area contributed by atoms with Gasteiger partial charge in [-0.15, -0.1) is 0 Å². The summed E-state index contributed by atoms with van der Waals surface area (Å²) in [6.07, 6.45) is 6.31. The monoisotopic (exact) mass is 435 g/mol. The Morgan fingerprint density at radius 2 is 2.06 bits per heavy atom. The van der Waals surface area contributed by atoms with Gasteiger partial charge in [0.15, 0.2) is 0 Å². The molecule has 0 spiro atoms. The molecule has 170 valence electrons. The molecule has 1 aromatic carbocycles. The number of carbonyl (C=O) groups is 1. The summed E-state index contributed by atoms with van der Waals surface area (Å²) in [6.45, 7) is 4.65. The Bertz CT molecular complexity index is 979. The zero-order chi connectivity index (χ0) is 22.1. The van der Waals surface area contributed by atoms with Gasteiger partial charge in [-0.1, -0.05) is 37.3 Å². The van der Waals surface area contributed by atoms with Crippen molar-refractivity contribution in [1.29, 1.82) is 0 Å². The van der Waals surface area contributed by atoms with Gasteiger partial charge in [-0.2, -0.15) is 0 Å². The number of aromatic nitrogens is 1. The molecule has 2 N–H and O–H groups in total. The Morgan fingerprint density at radius 1 is 1.22 bits per heavy atom. The van der Waals surface area contributed by atoms with E-state index in [0.717, 1.165) is 55.7 Å². The Kier molecular flexibility index (Phi) is 6.15. The number of hydrogen-bond donors (Lipinski definition) is 2. The van der Waals surface area contributed by atoms with E-state index in [9.17, 15) is 9.90 Å². The molecule has 3 aliphatic heterocycles. The van der Waals surface area contributed by atoms with E-state index < -0.39 is 12.0 Å². The first kappa shape index (κ1) is 21.4. The summed E-state index contributed by atoms with van der Waals surface area (Å²) in [7, 11) is 0. The maximum absolute atomic E-state index is 12.1. The van der Waals surface area contributed by atoms with E-state index >= 15 is 0 Å². The van der Waals surface area contributed by atoms with Crippen molar-refractivity contribution in [3.05, 3.63) is 58.8 Å². The van der Waals surface area contributed by atoms with Crippen molar-refractivity contribution >= 4 is 11.8 Å². The molecule has 1 fully saturated rings. The van der Waals surface area contributed by atoms with E-state index in [1.165, 1.54) is 17.5 Å². The van der Waals surface area contributed by atoms with Gasteiger partial charge in [0.1, 0.15) is 11.9 Å². The number of fused-ring (bicyclic) bond motifs is 3. The fourth-order valence-electron chi connectivity index (χ4n) is 5.76. The lowest BCUT2D eigenvalue weighted by Gasteiger charge is -2.40. The fraction of sp³-hybridized carbons (Fsp3) is 0.538. The lowest BCUT2D eigenvalue weighted by Crippen LogP contribution is -2.44. The van der Waals surface area contributed by atoms with Gasteiger partial charge in [0.25, 0.3) is 0 Å². The van der Waals surface area contributed by atoms with Crippen molar-refractivity contribution in [2.24, 2.45) is 0 Å². The molecule has 4 atom stereocenters. The van der Waals surface area contributed by atoms with Crippen molar-refractivity contribution in [2.75, 3.05) is 25.0 Å². The molecule has 0 amide bonds. The molecule has 6 heteroatoms. The number of benzene rings is 1. The number of hydrogen-bond acceptors (Lipinski definition) is 5. The number of carboxylic acids is 1. The third-order valence-corrected chi connectivity index (χ3v) is 7.40. The number of pyridine rings is 1.